The lowest BCUT2D eigenvalue weighted by molar-refractivity contribution is 0.179. The zero-order valence-electron chi connectivity index (χ0n) is 8.73. The minimum Gasteiger partial charge on any atom is -0.388 e. The van der Waals surface area contributed by atoms with Crippen LogP contribution in [-0.4, -0.2) is 10.1 Å². The Morgan fingerprint density at radius 1 is 1.33 bits per heavy atom. The van der Waals surface area contributed by atoms with Crippen LogP contribution in [0.1, 0.15) is 27.2 Å². The highest BCUT2D eigenvalue weighted by Gasteiger charge is 2.11. The summed E-state index contributed by atoms with van der Waals surface area (Å²) in [7, 11) is 0. The molecule has 0 radical (unpaired) electrons. The van der Waals surface area contributed by atoms with Crippen LogP contribution in [-0.2, 0) is 6.42 Å². The topological polar surface area (TPSA) is 33.1 Å². The van der Waals surface area contributed by atoms with E-state index in [-0.39, 0.29) is 0 Å². The van der Waals surface area contributed by atoms with Crippen LogP contribution < -0.4 is 0 Å². The molecule has 1 N–H and O–H groups in total. The molecule has 2 aromatic heterocycles. The van der Waals surface area contributed by atoms with E-state index in [9.17, 15) is 5.11 Å². The molecule has 0 saturated heterocycles. The molecule has 1 atom stereocenters. The van der Waals surface area contributed by atoms with E-state index in [0.29, 0.717) is 6.42 Å². The van der Waals surface area contributed by atoms with Gasteiger partial charge in [-0.1, -0.05) is 0 Å². The van der Waals surface area contributed by atoms with Gasteiger partial charge in [-0.3, -0.25) is 0 Å². The molecule has 2 heterocycles. The van der Waals surface area contributed by atoms with Gasteiger partial charge < -0.3 is 5.11 Å². The predicted octanol–water partition coefficient (Wildman–Crippen LogP) is 3.10. The van der Waals surface area contributed by atoms with Gasteiger partial charge in [-0.05, 0) is 30.9 Å². The molecule has 0 aliphatic rings. The maximum Gasteiger partial charge on any atom is 0.0957 e. The summed E-state index contributed by atoms with van der Waals surface area (Å²) in [6, 6.07) is 2.04. The fourth-order valence-corrected chi connectivity index (χ4v) is 2.98. The summed E-state index contributed by atoms with van der Waals surface area (Å²) in [5, 5.41) is 15.0. The number of aromatic nitrogens is 1. The van der Waals surface area contributed by atoms with Crippen molar-refractivity contribution in [2.75, 3.05) is 0 Å². The first kappa shape index (κ1) is 10.8. The fourth-order valence-electron chi connectivity index (χ4n) is 1.42. The maximum absolute atomic E-state index is 9.97. The number of aliphatic hydroxyl groups excluding tert-OH is 1. The molecule has 4 heteroatoms. The lowest BCUT2D eigenvalue weighted by Crippen LogP contribution is -1.99. The van der Waals surface area contributed by atoms with Gasteiger partial charge in [0.1, 0.15) is 0 Å². The van der Waals surface area contributed by atoms with Crippen molar-refractivity contribution < 1.29 is 5.11 Å². The van der Waals surface area contributed by atoms with Crippen LogP contribution in [0.2, 0.25) is 0 Å². The second-order valence-corrected chi connectivity index (χ2v) is 5.65. The monoisotopic (exact) mass is 239 g/mol. The molecule has 0 fully saturated rings. The molecular weight excluding hydrogens is 226 g/mol. The van der Waals surface area contributed by atoms with Crippen LogP contribution in [0.4, 0.5) is 0 Å². The Balaban J connectivity index is 2.06. The molecule has 0 aliphatic heterocycles. The molecule has 0 saturated carbocycles. The molecule has 0 spiro atoms. The second kappa shape index (κ2) is 4.43. The summed E-state index contributed by atoms with van der Waals surface area (Å²) in [4.78, 5) is 5.58. The molecule has 15 heavy (non-hydrogen) atoms. The highest BCUT2D eigenvalue weighted by Crippen LogP contribution is 2.24. The third-order valence-electron chi connectivity index (χ3n) is 2.17. The van der Waals surface area contributed by atoms with Crippen LogP contribution in [0.3, 0.4) is 0 Å². The Morgan fingerprint density at radius 2 is 2.13 bits per heavy atom. The minimum absolute atomic E-state index is 0.416. The van der Waals surface area contributed by atoms with Crippen molar-refractivity contribution in [2.45, 2.75) is 26.4 Å². The summed E-state index contributed by atoms with van der Waals surface area (Å²) in [5.74, 6) is 0. The van der Waals surface area contributed by atoms with Crippen LogP contribution in [0, 0.1) is 13.8 Å². The third-order valence-corrected chi connectivity index (χ3v) is 4.04. The number of rotatable bonds is 3. The van der Waals surface area contributed by atoms with Gasteiger partial charge in [0.05, 0.1) is 11.1 Å². The average Bonchev–Trinajstić information content (AvgIpc) is 2.75. The third kappa shape index (κ3) is 2.65. The fraction of sp³-hybridized carbons (Fsp3) is 0.364. The molecule has 1 unspecified atom stereocenters. The van der Waals surface area contributed by atoms with Crippen molar-refractivity contribution >= 4 is 22.7 Å². The molecule has 0 amide bonds. The smallest absolute Gasteiger partial charge is 0.0957 e. The standard InChI is InChI=1S/C11H13NOS2/c1-7-5-15-11(12-7)4-10(13)9-3-8(2)14-6-9/h3,5-6,10,13H,4H2,1-2H3. The van der Waals surface area contributed by atoms with E-state index in [1.54, 1.807) is 22.7 Å². The van der Waals surface area contributed by atoms with Gasteiger partial charge in [-0.15, -0.1) is 22.7 Å². The second-order valence-electron chi connectivity index (χ2n) is 3.59. The normalized spacial score (nSPS) is 13.0. The van der Waals surface area contributed by atoms with E-state index in [2.05, 4.69) is 11.9 Å². The van der Waals surface area contributed by atoms with Gasteiger partial charge in [0.2, 0.25) is 0 Å². The van der Waals surface area contributed by atoms with Crippen LogP contribution >= 0.6 is 22.7 Å². The predicted molar refractivity (Wildman–Crippen MR) is 64.6 cm³/mol. The Kier molecular flexibility index (Phi) is 3.19. The molecule has 2 nitrogen and oxygen atoms in total. The molecule has 0 aromatic carbocycles. The van der Waals surface area contributed by atoms with Gasteiger partial charge in [0.25, 0.3) is 0 Å². The van der Waals surface area contributed by atoms with Gasteiger partial charge >= 0.3 is 0 Å². The van der Waals surface area contributed by atoms with E-state index in [4.69, 9.17) is 0 Å². The number of aryl methyl sites for hydroxylation is 2. The molecule has 2 aromatic rings. The summed E-state index contributed by atoms with van der Waals surface area (Å²) in [6.45, 7) is 4.02. The number of aliphatic hydroxyl groups is 1. The minimum atomic E-state index is -0.416. The zero-order chi connectivity index (χ0) is 10.8. The first-order chi connectivity index (χ1) is 7.15. The van der Waals surface area contributed by atoms with E-state index >= 15 is 0 Å². The Morgan fingerprint density at radius 3 is 2.67 bits per heavy atom. The van der Waals surface area contributed by atoms with Crippen molar-refractivity contribution in [3.63, 3.8) is 0 Å². The molecule has 80 valence electrons. The number of thiazole rings is 1. The number of thiophene rings is 1. The largest absolute Gasteiger partial charge is 0.388 e. The van der Waals surface area contributed by atoms with E-state index in [1.165, 1.54) is 4.88 Å². The summed E-state index contributed by atoms with van der Waals surface area (Å²) in [5.41, 5.74) is 2.04. The van der Waals surface area contributed by atoms with Crippen LogP contribution in [0.15, 0.2) is 16.8 Å². The van der Waals surface area contributed by atoms with Crippen molar-refractivity contribution in [2.24, 2.45) is 0 Å². The van der Waals surface area contributed by atoms with E-state index in [1.807, 2.05) is 23.8 Å². The van der Waals surface area contributed by atoms with E-state index < -0.39 is 6.10 Å². The van der Waals surface area contributed by atoms with Crippen molar-refractivity contribution in [1.29, 1.82) is 0 Å². The number of hydrogen-bond acceptors (Lipinski definition) is 4. The Bertz CT molecular complexity index is 447. The average molecular weight is 239 g/mol. The molecule has 0 aliphatic carbocycles. The van der Waals surface area contributed by atoms with Crippen molar-refractivity contribution in [3.05, 3.63) is 38.0 Å². The van der Waals surface area contributed by atoms with Gasteiger partial charge in [0.15, 0.2) is 0 Å². The van der Waals surface area contributed by atoms with Crippen molar-refractivity contribution in [1.82, 2.24) is 4.98 Å². The quantitative estimate of drug-likeness (QED) is 0.893. The molecular formula is C11H13NOS2. The summed E-state index contributed by atoms with van der Waals surface area (Å²) in [6.07, 6.45) is 0.204. The zero-order valence-corrected chi connectivity index (χ0v) is 10.4. The first-order valence-electron chi connectivity index (χ1n) is 4.79. The van der Waals surface area contributed by atoms with E-state index in [0.717, 1.165) is 16.3 Å². The van der Waals surface area contributed by atoms with Gasteiger partial charge in [-0.2, -0.15) is 0 Å². The van der Waals surface area contributed by atoms with Crippen molar-refractivity contribution in [3.8, 4) is 0 Å². The lowest BCUT2D eigenvalue weighted by atomic mass is 10.1. The highest BCUT2D eigenvalue weighted by atomic mass is 32.1. The number of nitrogens with zero attached hydrogens (tertiary/aromatic N) is 1. The van der Waals surface area contributed by atoms with Gasteiger partial charge in [-0.25, -0.2) is 4.98 Å². The van der Waals surface area contributed by atoms with Crippen LogP contribution in [0.25, 0.3) is 0 Å². The highest BCUT2D eigenvalue weighted by molar-refractivity contribution is 7.10. The Hall–Kier alpha value is -0.710. The summed E-state index contributed by atoms with van der Waals surface area (Å²) >= 11 is 3.28. The molecule has 2 rings (SSSR count). The van der Waals surface area contributed by atoms with Gasteiger partial charge in [0, 0.05) is 22.4 Å². The maximum atomic E-state index is 9.97. The SMILES string of the molecule is Cc1csc(CC(O)c2csc(C)c2)n1. The first-order valence-corrected chi connectivity index (χ1v) is 6.55. The Labute approximate surface area is 97.2 Å². The van der Waals surface area contributed by atoms with Crippen LogP contribution in [0.5, 0.6) is 0 Å². The summed E-state index contributed by atoms with van der Waals surface area (Å²) < 4.78 is 0. The lowest BCUT2D eigenvalue weighted by Gasteiger charge is -2.05. The molecule has 0 bridgehead atoms. The number of hydrogen-bond donors (Lipinski definition) is 1.